The molecule has 0 spiro atoms. The van der Waals surface area contributed by atoms with Crippen LogP contribution >= 0.6 is 0 Å². The normalized spacial score (nSPS) is 35.3. The second-order valence-electron chi connectivity index (χ2n) is 11.4. The third kappa shape index (κ3) is 5.92. The maximum atomic E-state index is 2.47. The van der Waals surface area contributed by atoms with Crippen LogP contribution in [0.1, 0.15) is 127 Å². The van der Waals surface area contributed by atoms with Gasteiger partial charge in [0.05, 0.1) is 0 Å². The van der Waals surface area contributed by atoms with Gasteiger partial charge in [0.1, 0.15) is 0 Å². The van der Waals surface area contributed by atoms with E-state index in [1.807, 2.05) is 0 Å². The molecule has 0 N–H and O–H groups in total. The van der Waals surface area contributed by atoms with Crippen molar-refractivity contribution in [2.24, 2.45) is 29.6 Å². The first-order valence-electron chi connectivity index (χ1n) is 13.8. The Labute approximate surface area is 187 Å². The molecule has 0 nitrogen and oxygen atoms in total. The van der Waals surface area contributed by atoms with E-state index in [0.717, 1.165) is 35.5 Å². The Balaban J connectivity index is 1.16. The van der Waals surface area contributed by atoms with Gasteiger partial charge < -0.3 is 0 Å². The highest BCUT2D eigenvalue weighted by Crippen LogP contribution is 2.43. The van der Waals surface area contributed by atoms with Crippen molar-refractivity contribution in [2.45, 2.75) is 122 Å². The number of rotatable bonds is 7. The van der Waals surface area contributed by atoms with Crippen LogP contribution in [0.2, 0.25) is 0 Å². The fourth-order valence-corrected chi connectivity index (χ4v) is 7.25. The lowest BCUT2D eigenvalue weighted by molar-refractivity contribution is 0.142. The van der Waals surface area contributed by atoms with Gasteiger partial charge in [0, 0.05) is 0 Å². The van der Waals surface area contributed by atoms with Gasteiger partial charge in [-0.2, -0.15) is 0 Å². The molecule has 4 rings (SSSR count). The van der Waals surface area contributed by atoms with E-state index in [2.05, 4.69) is 38.1 Å². The summed E-state index contributed by atoms with van der Waals surface area (Å²) < 4.78 is 0. The van der Waals surface area contributed by atoms with Gasteiger partial charge in [-0.05, 0) is 111 Å². The van der Waals surface area contributed by atoms with Crippen LogP contribution in [0.4, 0.5) is 0 Å². The number of hydrogen-bond donors (Lipinski definition) is 0. The summed E-state index contributed by atoms with van der Waals surface area (Å²) in [5.41, 5.74) is 3.20. The quantitative estimate of drug-likeness (QED) is 0.421. The first-order valence-corrected chi connectivity index (χ1v) is 13.8. The molecule has 0 radical (unpaired) electrons. The fraction of sp³-hybridized carbons (Fsp3) is 0.800. The van der Waals surface area contributed by atoms with Gasteiger partial charge in [-0.3, -0.25) is 0 Å². The van der Waals surface area contributed by atoms with E-state index >= 15 is 0 Å². The Hall–Kier alpha value is -0.780. The molecule has 0 atom stereocenters. The summed E-state index contributed by atoms with van der Waals surface area (Å²) in [7, 11) is 0. The standard InChI is InChI=1S/C30H48/c1-3-23-7-15-27(16-8-23)29-19-11-25(12-20-29)5-6-26-13-21-30(22-14-26)28-17-9-24(4-2)10-18-28/h11-12,19-20,23-24,26-28,30H,3-10,13-18,21-22H2,1-2H3. The van der Waals surface area contributed by atoms with Gasteiger partial charge in [0.15, 0.2) is 0 Å². The SMILES string of the molecule is CCC1CCC(c2ccc(CCC3CCC(C4CCC(CC)CC4)CC3)cc2)CC1. The van der Waals surface area contributed by atoms with E-state index in [9.17, 15) is 0 Å². The lowest BCUT2D eigenvalue weighted by Gasteiger charge is -2.37. The van der Waals surface area contributed by atoms with Gasteiger partial charge in [-0.25, -0.2) is 0 Å². The molecule has 0 saturated heterocycles. The molecule has 0 bridgehead atoms. The molecule has 1 aromatic rings. The molecular formula is C30H48. The first kappa shape index (κ1) is 22.4. The summed E-state index contributed by atoms with van der Waals surface area (Å²) in [6, 6.07) is 9.85. The summed E-state index contributed by atoms with van der Waals surface area (Å²) in [6.07, 6.45) is 23.5. The number of aryl methyl sites for hydroxylation is 1. The van der Waals surface area contributed by atoms with Crippen molar-refractivity contribution < 1.29 is 0 Å². The van der Waals surface area contributed by atoms with Crippen molar-refractivity contribution in [2.75, 3.05) is 0 Å². The second-order valence-corrected chi connectivity index (χ2v) is 11.4. The molecule has 30 heavy (non-hydrogen) atoms. The second kappa shape index (κ2) is 11.2. The first-order chi connectivity index (χ1) is 14.7. The molecule has 0 aromatic heterocycles. The molecule has 1 aromatic carbocycles. The Morgan fingerprint density at radius 1 is 0.567 bits per heavy atom. The molecule has 0 aliphatic heterocycles. The summed E-state index contributed by atoms with van der Waals surface area (Å²) in [5.74, 6) is 6.04. The summed E-state index contributed by atoms with van der Waals surface area (Å²) in [4.78, 5) is 0. The average Bonchev–Trinajstić information content (AvgIpc) is 2.83. The van der Waals surface area contributed by atoms with Gasteiger partial charge in [0.2, 0.25) is 0 Å². The van der Waals surface area contributed by atoms with E-state index in [-0.39, 0.29) is 0 Å². The van der Waals surface area contributed by atoms with Crippen LogP contribution in [0.15, 0.2) is 24.3 Å². The Morgan fingerprint density at radius 3 is 1.53 bits per heavy atom. The van der Waals surface area contributed by atoms with Crippen molar-refractivity contribution in [3.05, 3.63) is 35.4 Å². The Morgan fingerprint density at radius 2 is 1.03 bits per heavy atom. The van der Waals surface area contributed by atoms with Crippen LogP contribution in [0.25, 0.3) is 0 Å². The molecule has 168 valence electrons. The lowest BCUT2D eigenvalue weighted by Crippen LogP contribution is -2.25. The zero-order chi connectivity index (χ0) is 20.8. The maximum Gasteiger partial charge on any atom is -0.0162 e. The highest BCUT2D eigenvalue weighted by molar-refractivity contribution is 5.26. The van der Waals surface area contributed by atoms with Gasteiger partial charge in [0.25, 0.3) is 0 Å². The zero-order valence-corrected chi connectivity index (χ0v) is 20.1. The van der Waals surface area contributed by atoms with Crippen LogP contribution in [0, 0.1) is 29.6 Å². The monoisotopic (exact) mass is 408 g/mol. The highest BCUT2D eigenvalue weighted by Gasteiger charge is 2.30. The van der Waals surface area contributed by atoms with E-state index < -0.39 is 0 Å². The third-order valence-electron chi connectivity index (χ3n) is 9.74. The van der Waals surface area contributed by atoms with Crippen LogP contribution in [-0.2, 0) is 6.42 Å². The van der Waals surface area contributed by atoms with E-state index in [4.69, 9.17) is 0 Å². The molecule has 3 fully saturated rings. The average molecular weight is 409 g/mol. The molecule has 0 amide bonds. The van der Waals surface area contributed by atoms with E-state index in [1.165, 1.54) is 89.9 Å². The maximum absolute atomic E-state index is 2.47. The predicted octanol–water partition coefficient (Wildman–Crippen LogP) is 9.33. The van der Waals surface area contributed by atoms with Crippen molar-refractivity contribution in [1.29, 1.82) is 0 Å². The van der Waals surface area contributed by atoms with Crippen molar-refractivity contribution in [1.82, 2.24) is 0 Å². The highest BCUT2D eigenvalue weighted by atomic mass is 14.4. The van der Waals surface area contributed by atoms with Crippen molar-refractivity contribution in [3.63, 3.8) is 0 Å². The minimum Gasteiger partial charge on any atom is -0.0651 e. The molecule has 0 heterocycles. The number of hydrogen-bond acceptors (Lipinski definition) is 0. The molecule has 3 aliphatic carbocycles. The Bertz CT molecular complexity index is 589. The third-order valence-corrected chi connectivity index (χ3v) is 9.74. The molecule has 0 heteroatoms. The van der Waals surface area contributed by atoms with Gasteiger partial charge in [-0.1, -0.05) is 76.6 Å². The number of benzene rings is 1. The van der Waals surface area contributed by atoms with Crippen LogP contribution in [-0.4, -0.2) is 0 Å². The topological polar surface area (TPSA) is 0 Å². The van der Waals surface area contributed by atoms with Gasteiger partial charge >= 0.3 is 0 Å². The smallest absolute Gasteiger partial charge is 0.0162 e. The predicted molar refractivity (Wildman–Crippen MR) is 131 cm³/mol. The minimum absolute atomic E-state index is 0.838. The molecule has 3 aliphatic rings. The summed E-state index contributed by atoms with van der Waals surface area (Å²) in [6.45, 7) is 4.76. The largest absolute Gasteiger partial charge is 0.0651 e. The van der Waals surface area contributed by atoms with Crippen LogP contribution in [0.3, 0.4) is 0 Å². The molecule has 0 unspecified atom stereocenters. The van der Waals surface area contributed by atoms with E-state index in [1.54, 1.807) is 24.0 Å². The Kier molecular flexibility index (Phi) is 8.36. The lowest BCUT2D eigenvalue weighted by atomic mass is 9.68. The zero-order valence-electron chi connectivity index (χ0n) is 20.1. The van der Waals surface area contributed by atoms with Gasteiger partial charge in [-0.15, -0.1) is 0 Å². The summed E-state index contributed by atoms with van der Waals surface area (Å²) in [5, 5.41) is 0. The van der Waals surface area contributed by atoms with Crippen molar-refractivity contribution in [3.8, 4) is 0 Å². The van der Waals surface area contributed by atoms with E-state index in [0.29, 0.717) is 0 Å². The summed E-state index contributed by atoms with van der Waals surface area (Å²) >= 11 is 0. The molecule has 3 saturated carbocycles. The van der Waals surface area contributed by atoms with Crippen LogP contribution in [0.5, 0.6) is 0 Å². The fourth-order valence-electron chi connectivity index (χ4n) is 7.25. The molecular weight excluding hydrogens is 360 g/mol. The van der Waals surface area contributed by atoms with Crippen molar-refractivity contribution >= 4 is 0 Å². The van der Waals surface area contributed by atoms with Crippen LogP contribution < -0.4 is 0 Å². The minimum atomic E-state index is 0.838.